The predicted molar refractivity (Wildman–Crippen MR) is 74.2 cm³/mol. The molecule has 0 amide bonds. The molecular formula is C13H18ClNO2S. The average molecular weight is 288 g/mol. The highest BCUT2D eigenvalue weighted by atomic mass is 35.5. The quantitative estimate of drug-likeness (QED) is 0.853. The van der Waals surface area contributed by atoms with Gasteiger partial charge in [-0.1, -0.05) is 30.7 Å². The van der Waals surface area contributed by atoms with E-state index in [1.165, 1.54) is 0 Å². The SMILES string of the molecule is CCCS(=O)(=O)N1CCC[C@@H]1c1ccc(Cl)cc1. The highest BCUT2D eigenvalue weighted by molar-refractivity contribution is 7.89. The first-order valence-electron chi connectivity index (χ1n) is 6.29. The second kappa shape index (κ2) is 5.59. The molecule has 1 fully saturated rings. The average Bonchev–Trinajstić information content (AvgIpc) is 2.79. The van der Waals surface area contributed by atoms with E-state index in [0.29, 0.717) is 18.0 Å². The summed E-state index contributed by atoms with van der Waals surface area (Å²) in [7, 11) is -3.12. The van der Waals surface area contributed by atoms with E-state index in [-0.39, 0.29) is 11.8 Å². The van der Waals surface area contributed by atoms with E-state index in [1.807, 2.05) is 31.2 Å². The number of benzene rings is 1. The Morgan fingerprint density at radius 2 is 2.00 bits per heavy atom. The van der Waals surface area contributed by atoms with Crippen LogP contribution in [0.4, 0.5) is 0 Å². The van der Waals surface area contributed by atoms with Gasteiger partial charge in [-0.05, 0) is 37.0 Å². The molecule has 0 unspecified atom stereocenters. The molecule has 1 aromatic rings. The zero-order valence-electron chi connectivity index (χ0n) is 10.5. The van der Waals surface area contributed by atoms with Crippen LogP contribution >= 0.6 is 11.6 Å². The summed E-state index contributed by atoms with van der Waals surface area (Å²) in [6.45, 7) is 2.53. The van der Waals surface area contributed by atoms with E-state index in [1.54, 1.807) is 4.31 Å². The monoisotopic (exact) mass is 287 g/mol. The van der Waals surface area contributed by atoms with E-state index in [2.05, 4.69) is 0 Å². The summed E-state index contributed by atoms with van der Waals surface area (Å²) in [5.74, 6) is 0.233. The Morgan fingerprint density at radius 3 is 2.61 bits per heavy atom. The molecule has 1 saturated heterocycles. The van der Waals surface area contributed by atoms with Gasteiger partial charge in [0, 0.05) is 17.6 Å². The lowest BCUT2D eigenvalue weighted by molar-refractivity contribution is 0.396. The molecule has 100 valence electrons. The van der Waals surface area contributed by atoms with Crippen LogP contribution in [0.2, 0.25) is 5.02 Å². The molecule has 18 heavy (non-hydrogen) atoms. The highest BCUT2D eigenvalue weighted by Crippen LogP contribution is 2.34. The van der Waals surface area contributed by atoms with Crippen molar-refractivity contribution >= 4 is 21.6 Å². The standard InChI is InChI=1S/C13H18ClNO2S/c1-2-10-18(16,17)15-9-3-4-13(15)11-5-7-12(14)8-6-11/h5-8,13H,2-4,9-10H2,1H3/t13-/m1/s1. The molecule has 0 bridgehead atoms. The Kier molecular flexibility index (Phi) is 4.30. The van der Waals surface area contributed by atoms with Crippen molar-refractivity contribution in [3.05, 3.63) is 34.9 Å². The molecule has 5 heteroatoms. The molecule has 0 N–H and O–H groups in total. The van der Waals surface area contributed by atoms with Crippen molar-refractivity contribution in [3.8, 4) is 0 Å². The third-order valence-electron chi connectivity index (χ3n) is 3.28. The fraction of sp³-hybridized carbons (Fsp3) is 0.538. The van der Waals surface area contributed by atoms with Crippen molar-refractivity contribution in [3.63, 3.8) is 0 Å². The van der Waals surface area contributed by atoms with Gasteiger partial charge in [0.25, 0.3) is 0 Å². The molecule has 2 rings (SSSR count). The summed E-state index contributed by atoms with van der Waals surface area (Å²) in [4.78, 5) is 0. The number of nitrogens with zero attached hydrogens (tertiary/aromatic N) is 1. The normalized spacial score (nSPS) is 21.3. The summed E-state index contributed by atoms with van der Waals surface area (Å²) in [5, 5.41) is 0.680. The van der Waals surface area contributed by atoms with E-state index in [4.69, 9.17) is 11.6 Å². The van der Waals surface area contributed by atoms with E-state index >= 15 is 0 Å². The first-order chi connectivity index (χ1) is 8.54. The second-order valence-corrected chi connectivity index (χ2v) is 7.11. The third-order valence-corrected chi connectivity index (χ3v) is 5.61. The van der Waals surface area contributed by atoms with Crippen molar-refractivity contribution in [1.82, 2.24) is 4.31 Å². The van der Waals surface area contributed by atoms with Crippen LogP contribution in [-0.4, -0.2) is 25.0 Å². The van der Waals surface area contributed by atoms with Gasteiger partial charge in [0.1, 0.15) is 0 Å². The van der Waals surface area contributed by atoms with Crippen LogP contribution in [0.25, 0.3) is 0 Å². The van der Waals surface area contributed by atoms with E-state index < -0.39 is 10.0 Å². The Morgan fingerprint density at radius 1 is 1.33 bits per heavy atom. The molecule has 0 radical (unpaired) electrons. The molecule has 1 aliphatic rings. The molecule has 1 atom stereocenters. The number of halogens is 1. The second-order valence-electron chi connectivity index (χ2n) is 4.64. The van der Waals surface area contributed by atoms with Crippen LogP contribution in [0.1, 0.15) is 37.8 Å². The Hall–Kier alpha value is -0.580. The molecule has 0 spiro atoms. The lowest BCUT2D eigenvalue weighted by atomic mass is 10.1. The smallest absolute Gasteiger partial charge is 0.212 e. The molecule has 0 aromatic heterocycles. The molecule has 1 aliphatic heterocycles. The van der Waals surface area contributed by atoms with Crippen molar-refractivity contribution < 1.29 is 8.42 Å². The molecular weight excluding hydrogens is 270 g/mol. The Labute approximate surface area is 114 Å². The Balaban J connectivity index is 2.25. The van der Waals surface area contributed by atoms with Crippen LogP contribution in [-0.2, 0) is 10.0 Å². The third kappa shape index (κ3) is 2.87. The number of sulfonamides is 1. The van der Waals surface area contributed by atoms with Gasteiger partial charge in [-0.3, -0.25) is 0 Å². The van der Waals surface area contributed by atoms with Crippen molar-refractivity contribution in [2.24, 2.45) is 0 Å². The maximum atomic E-state index is 12.2. The van der Waals surface area contributed by atoms with Crippen LogP contribution < -0.4 is 0 Å². The fourth-order valence-electron chi connectivity index (χ4n) is 2.47. The topological polar surface area (TPSA) is 37.4 Å². The minimum atomic E-state index is -3.12. The van der Waals surface area contributed by atoms with Gasteiger partial charge in [-0.25, -0.2) is 8.42 Å². The van der Waals surface area contributed by atoms with Gasteiger partial charge in [-0.2, -0.15) is 4.31 Å². The van der Waals surface area contributed by atoms with Gasteiger partial charge >= 0.3 is 0 Å². The van der Waals surface area contributed by atoms with Crippen molar-refractivity contribution in [2.45, 2.75) is 32.2 Å². The van der Waals surface area contributed by atoms with Crippen molar-refractivity contribution in [1.29, 1.82) is 0 Å². The highest BCUT2D eigenvalue weighted by Gasteiger charge is 2.34. The lowest BCUT2D eigenvalue weighted by Crippen LogP contribution is -2.32. The molecule has 3 nitrogen and oxygen atoms in total. The molecule has 0 aliphatic carbocycles. The first kappa shape index (κ1) is 13.8. The fourth-order valence-corrected chi connectivity index (χ4v) is 4.36. The summed E-state index contributed by atoms with van der Waals surface area (Å²) in [5.41, 5.74) is 1.04. The Bertz CT molecular complexity index is 498. The molecule has 1 heterocycles. The van der Waals surface area contributed by atoms with Crippen LogP contribution in [0, 0.1) is 0 Å². The van der Waals surface area contributed by atoms with E-state index in [9.17, 15) is 8.42 Å². The maximum Gasteiger partial charge on any atom is 0.214 e. The first-order valence-corrected chi connectivity index (χ1v) is 8.28. The van der Waals surface area contributed by atoms with E-state index in [0.717, 1.165) is 18.4 Å². The van der Waals surface area contributed by atoms with Crippen LogP contribution in [0.5, 0.6) is 0 Å². The van der Waals surface area contributed by atoms with Gasteiger partial charge in [0.2, 0.25) is 10.0 Å². The van der Waals surface area contributed by atoms with Gasteiger partial charge in [0.15, 0.2) is 0 Å². The molecule has 0 saturated carbocycles. The number of hydrogen-bond donors (Lipinski definition) is 0. The zero-order valence-corrected chi connectivity index (χ0v) is 12.0. The van der Waals surface area contributed by atoms with Crippen LogP contribution in [0.3, 0.4) is 0 Å². The number of hydrogen-bond acceptors (Lipinski definition) is 2. The summed E-state index contributed by atoms with van der Waals surface area (Å²) < 4.78 is 26.0. The molecule has 1 aromatic carbocycles. The zero-order chi connectivity index (χ0) is 13.2. The number of rotatable bonds is 4. The summed E-state index contributed by atoms with van der Waals surface area (Å²) >= 11 is 5.86. The predicted octanol–water partition coefficient (Wildman–Crippen LogP) is 3.22. The summed E-state index contributed by atoms with van der Waals surface area (Å²) in [6.07, 6.45) is 2.48. The van der Waals surface area contributed by atoms with Gasteiger partial charge in [0.05, 0.1) is 5.75 Å². The largest absolute Gasteiger partial charge is 0.214 e. The maximum absolute atomic E-state index is 12.2. The van der Waals surface area contributed by atoms with Crippen molar-refractivity contribution in [2.75, 3.05) is 12.3 Å². The minimum Gasteiger partial charge on any atom is -0.212 e. The van der Waals surface area contributed by atoms with Crippen LogP contribution in [0.15, 0.2) is 24.3 Å². The van der Waals surface area contributed by atoms with Gasteiger partial charge in [-0.15, -0.1) is 0 Å². The summed E-state index contributed by atoms with van der Waals surface area (Å²) in [6, 6.07) is 7.47. The lowest BCUT2D eigenvalue weighted by Gasteiger charge is -2.24. The van der Waals surface area contributed by atoms with Gasteiger partial charge < -0.3 is 0 Å². The minimum absolute atomic E-state index is 0.0150.